The Morgan fingerprint density at radius 1 is 1.23 bits per heavy atom. The van der Waals surface area contributed by atoms with Crippen molar-refractivity contribution in [3.05, 3.63) is 115 Å². The number of ether oxygens (including phenoxy) is 1. The van der Waals surface area contributed by atoms with Crippen LogP contribution < -0.4 is 9.46 Å². The fraction of sp³-hybridized carbons (Fsp3) is 0.281. The molecule has 44 heavy (non-hydrogen) atoms. The molecule has 0 aliphatic heterocycles. The third kappa shape index (κ3) is 9.73. The van der Waals surface area contributed by atoms with E-state index < -0.39 is 32.5 Å². The minimum atomic E-state index is -4.39. The van der Waals surface area contributed by atoms with E-state index in [4.69, 9.17) is 4.74 Å². The van der Waals surface area contributed by atoms with Crippen molar-refractivity contribution in [1.82, 2.24) is 19.4 Å². The first kappa shape index (κ1) is 33.9. The number of aryl methyl sites for hydroxylation is 1. The van der Waals surface area contributed by atoms with Gasteiger partial charge < -0.3 is 9.64 Å². The zero-order chi connectivity index (χ0) is 32.3. The lowest BCUT2D eigenvalue weighted by atomic mass is 10.1. The second-order valence-corrected chi connectivity index (χ2v) is 11.6. The van der Waals surface area contributed by atoms with Crippen molar-refractivity contribution in [1.29, 1.82) is 0 Å². The topological polar surface area (TPSA) is 106 Å². The van der Waals surface area contributed by atoms with E-state index in [9.17, 15) is 22.0 Å². The number of carbonyl (C=O) groups is 1. The Kier molecular flexibility index (Phi) is 12.2. The molecular formula is C32H37F2N5O4S. The molecule has 0 fully saturated rings. The van der Waals surface area contributed by atoms with Crippen LogP contribution in [0, 0.1) is 11.6 Å². The van der Waals surface area contributed by atoms with Gasteiger partial charge in [-0.25, -0.2) is 26.9 Å². The summed E-state index contributed by atoms with van der Waals surface area (Å²) in [5.74, 6) is -2.05. The molecule has 1 heterocycles. The van der Waals surface area contributed by atoms with Crippen LogP contribution in [0.15, 0.2) is 102 Å². The quantitative estimate of drug-likeness (QED) is 0.105. The van der Waals surface area contributed by atoms with Crippen molar-refractivity contribution in [3.63, 3.8) is 0 Å². The van der Waals surface area contributed by atoms with E-state index in [1.54, 1.807) is 17.0 Å². The number of amidine groups is 1. The average Bonchev–Trinajstić information content (AvgIpc) is 3.48. The number of nitrogens with one attached hydrogen (secondary N) is 1. The lowest BCUT2D eigenvalue weighted by Gasteiger charge is -2.29. The zero-order valence-corrected chi connectivity index (χ0v) is 25.9. The van der Waals surface area contributed by atoms with Crippen molar-refractivity contribution in [2.24, 2.45) is 4.99 Å². The molecule has 1 atom stereocenters. The summed E-state index contributed by atoms with van der Waals surface area (Å²) in [7, 11) is -4.39. The highest BCUT2D eigenvalue weighted by atomic mass is 32.2. The van der Waals surface area contributed by atoms with Gasteiger partial charge in [-0.05, 0) is 74.7 Å². The highest BCUT2D eigenvalue weighted by molar-refractivity contribution is 7.90. The summed E-state index contributed by atoms with van der Waals surface area (Å²) >= 11 is 0. The molecule has 1 aromatic heterocycles. The third-order valence-corrected chi connectivity index (χ3v) is 7.98. The van der Waals surface area contributed by atoms with Gasteiger partial charge in [0.05, 0.1) is 23.7 Å². The number of amides is 1. The molecule has 0 radical (unpaired) electrons. The second-order valence-electron chi connectivity index (χ2n) is 9.92. The van der Waals surface area contributed by atoms with Crippen molar-refractivity contribution < 1.29 is 26.7 Å². The van der Waals surface area contributed by atoms with Crippen LogP contribution in [0.25, 0.3) is 0 Å². The van der Waals surface area contributed by atoms with Crippen LogP contribution in [0.4, 0.5) is 8.78 Å². The van der Waals surface area contributed by atoms with Gasteiger partial charge in [0.25, 0.3) is 10.0 Å². The van der Waals surface area contributed by atoms with Crippen molar-refractivity contribution in [2.45, 2.75) is 51.1 Å². The molecular weight excluding hydrogens is 588 g/mol. The molecule has 12 heteroatoms. The predicted octanol–water partition coefficient (Wildman–Crippen LogP) is 5.41. The van der Waals surface area contributed by atoms with E-state index in [0.717, 1.165) is 17.5 Å². The van der Waals surface area contributed by atoms with Gasteiger partial charge in [0.1, 0.15) is 18.2 Å². The van der Waals surface area contributed by atoms with E-state index in [1.165, 1.54) is 0 Å². The minimum Gasteiger partial charge on any atom is -0.491 e. The molecule has 9 nitrogen and oxygen atoms in total. The first-order valence-corrected chi connectivity index (χ1v) is 15.4. The fourth-order valence-corrected chi connectivity index (χ4v) is 5.34. The SMILES string of the molecule is C=CC(C)N(CCOc1cc(Cn2cccn2)ccc1CCC(=O)NS(=O)(=O)c1ccc(F)c(F)c1)C(C)=NC(=C)/C=C\C. The summed E-state index contributed by atoms with van der Waals surface area (Å²) in [6.45, 7) is 14.9. The van der Waals surface area contributed by atoms with Crippen molar-refractivity contribution in [3.8, 4) is 5.75 Å². The molecule has 3 rings (SSSR count). The summed E-state index contributed by atoms with van der Waals surface area (Å²) in [5.41, 5.74) is 2.21. The molecule has 0 spiro atoms. The summed E-state index contributed by atoms with van der Waals surface area (Å²) in [5, 5.41) is 4.24. The molecule has 0 aliphatic carbocycles. The van der Waals surface area contributed by atoms with E-state index in [2.05, 4.69) is 23.2 Å². The maximum absolute atomic E-state index is 13.6. The van der Waals surface area contributed by atoms with Crippen LogP contribution in [0.5, 0.6) is 5.75 Å². The number of rotatable bonds is 15. The number of allylic oxidation sites excluding steroid dienone is 2. The van der Waals surface area contributed by atoms with Crippen molar-refractivity contribution >= 4 is 21.8 Å². The number of aromatic nitrogens is 2. The Bertz CT molecular complexity index is 1640. The lowest BCUT2D eigenvalue weighted by molar-refractivity contribution is -0.119. The molecule has 2 aromatic carbocycles. The van der Waals surface area contributed by atoms with Crippen LogP contribution in [-0.2, 0) is 27.8 Å². The molecule has 0 aliphatic rings. The van der Waals surface area contributed by atoms with Gasteiger partial charge in [-0.3, -0.25) is 9.48 Å². The van der Waals surface area contributed by atoms with E-state index >= 15 is 0 Å². The predicted molar refractivity (Wildman–Crippen MR) is 167 cm³/mol. The highest BCUT2D eigenvalue weighted by Crippen LogP contribution is 2.24. The molecule has 0 saturated carbocycles. The van der Waals surface area contributed by atoms with Crippen LogP contribution in [0.3, 0.4) is 0 Å². The Labute approximate surface area is 257 Å². The maximum Gasteiger partial charge on any atom is 0.264 e. The van der Waals surface area contributed by atoms with E-state index in [-0.39, 0.29) is 25.5 Å². The van der Waals surface area contributed by atoms with Gasteiger partial charge in [0.15, 0.2) is 11.6 Å². The standard InChI is InChI=1S/C32H37F2N5O4S/c1-6-9-23(3)36-25(5)39(24(4)7-2)18-19-43-31-20-26(22-38-17-8-16-35-38)10-11-27(31)12-15-32(40)37-44(41,42)28-13-14-29(33)30(34)21-28/h6-11,13-14,16-17,20-21,24H,2-3,12,15,18-19,22H2,1,4-5H3,(H,37,40)/b9-6-,36-25?. The van der Waals surface area contributed by atoms with Gasteiger partial charge in [-0.15, -0.1) is 6.58 Å². The molecule has 0 bridgehead atoms. The zero-order valence-electron chi connectivity index (χ0n) is 25.0. The Morgan fingerprint density at radius 3 is 2.66 bits per heavy atom. The number of carbonyl (C=O) groups excluding carboxylic acids is 1. The van der Waals surface area contributed by atoms with Gasteiger partial charge in [-0.2, -0.15) is 5.10 Å². The van der Waals surface area contributed by atoms with Crippen LogP contribution in [0.1, 0.15) is 38.3 Å². The van der Waals surface area contributed by atoms with Crippen LogP contribution in [0.2, 0.25) is 0 Å². The average molecular weight is 626 g/mol. The smallest absolute Gasteiger partial charge is 0.264 e. The first-order chi connectivity index (χ1) is 20.9. The lowest BCUT2D eigenvalue weighted by Crippen LogP contribution is -2.39. The first-order valence-electron chi connectivity index (χ1n) is 13.9. The summed E-state index contributed by atoms with van der Waals surface area (Å²) in [6, 6.07) is 9.45. The van der Waals surface area contributed by atoms with Gasteiger partial charge in [-0.1, -0.05) is 30.9 Å². The Hall–Kier alpha value is -4.58. The van der Waals surface area contributed by atoms with Gasteiger partial charge in [0.2, 0.25) is 5.91 Å². The number of hydrogen-bond donors (Lipinski definition) is 1. The Morgan fingerprint density at radius 2 is 2.00 bits per heavy atom. The minimum absolute atomic E-state index is 0.0356. The molecule has 234 valence electrons. The largest absolute Gasteiger partial charge is 0.491 e. The van der Waals surface area contributed by atoms with Gasteiger partial charge in [0, 0.05) is 24.9 Å². The van der Waals surface area contributed by atoms with E-state index in [1.807, 2.05) is 73.0 Å². The Balaban J connectivity index is 1.75. The maximum atomic E-state index is 13.6. The normalized spacial score (nSPS) is 12.6. The van der Waals surface area contributed by atoms with Crippen LogP contribution in [-0.4, -0.2) is 54.0 Å². The number of sulfonamides is 1. The molecule has 1 amide bonds. The summed E-state index contributed by atoms with van der Waals surface area (Å²) in [6.07, 6.45) is 8.96. The summed E-state index contributed by atoms with van der Waals surface area (Å²) < 4.78 is 61.8. The monoisotopic (exact) mass is 625 g/mol. The van der Waals surface area contributed by atoms with E-state index in [0.29, 0.717) is 42.2 Å². The van der Waals surface area contributed by atoms with Crippen LogP contribution >= 0.6 is 0 Å². The number of aliphatic imine (C=N–C) groups is 1. The number of benzene rings is 2. The fourth-order valence-electron chi connectivity index (χ4n) is 4.31. The molecule has 1 N–H and O–H groups in total. The van der Waals surface area contributed by atoms with Crippen molar-refractivity contribution in [2.75, 3.05) is 13.2 Å². The summed E-state index contributed by atoms with van der Waals surface area (Å²) in [4.78, 5) is 18.7. The molecule has 1 unspecified atom stereocenters. The number of hydrogen-bond acceptors (Lipinski definition) is 6. The number of halogens is 2. The molecule has 0 saturated heterocycles. The second kappa shape index (κ2) is 15.8. The highest BCUT2D eigenvalue weighted by Gasteiger charge is 2.20. The molecule has 3 aromatic rings. The van der Waals surface area contributed by atoms with Gasteiger partial charge >= 0.3 is 0 Å². The third-order valence-electron chi connectivity index (χ3n) is 6.61. The number of nitrogens with zero attached hydrogens (tertiary/aromatic N) is 4.